The number of likely N-dealkylation sites (N-methyl/N-ethyl adjacent to an activating group) is 1. The lowest BCUT2D eigenvalue weighted by Crippen LogP contribution is -2.37. The fraction of sp³-hybridized carbons (Fsp3) is 0.729. The van der Waals surface area contributed by atoms with Gasteiger partial charge in [-0.2, -0.15) is 0 Å². The van der Waals surface area contributed by atoms with Gasteiger partial charge in [-0.25, -0.2) is 4.57 Å². The molecule has 1 N–H and O–H groups in total. The summed E-state index contributed by atoms with van der Waals surface area (Å²) >= 11 is 0. The van der Waals surface area contributed by atoms with Crippen molar-refractivity contribution in [2.45, 2.75) is 174 Å². The number of hydrogen-bond donors (Lipinski definition) is 1. The topological polar surface area (TPSA) is 91.3 Å². The van der Waals surface area contributed by atoms with Gasteiger partial charge >= 0.3 is 13.8 Å². The summed E-state index contributed by atoms with van der Waals surface area (Å²) in [4.78, 5) is 22.8. The van der Waals surface area contributed by atoms with Gasteiger partial charge in [-0.3, -0.25) is 13.8 Å². The van der Waals surface area contributed by atoms with Crippen molar-refractivity contribution in [3.63, 3.8) is 0 Å². The molecule has 9 heteroatoms. The van der Waals surface area contributed by atoms with Crippen molar-refractivity contribution in [2.24, 2.45) is 0 Å². The number of hydrogen-bond acceptors (Lipinski definition) is 6. The van der Waals surface area contributed by atoms with E-state index in [0.717, 1.165) is 44.9 Å². The molecule has 0 aliphatic carbocycles. The Kier molecular flexibility index (Phi) is 39.2. The van der Waals surface area contributed by atoms with Gasteiger partial charge in [-0.1, -0.05) is 164 Å². The maximum atomic E-state index is 12.6. The summed E-state index contributed by atoms with van der Waals surface area (Å²) in [6, 6.07) is 0. The van der Waals surface area contributed by atoms with Gasteiger partial charge < -0.3 is 18.9 Å². The molecule has 0 amide bonds. The van der Waals surface area contributed by atoms with E-state index in [0.29, 0.717) is 24.1 Å². The SMILES string of the molecule is CC/C=C\C/C=C\C/C=C\C/C=C\CCC(=O)OC(COCCCCCCCCCCCC/C=C\C/C=C\CCCCCCC)COP(=O)(O)OCC[N+](C)(C)C. The Morgan fingerprint density at radius 3 is 1.53 bits per heavy atom. The van der Waals surface area contributed by atoms with Crippen LogP contribution in [-0.2, 0) is 27.9 Å². The summed E-state index contributed by atoms with van der Waals surface area (Å²) in [6.07, 6.45) is 52.5. The highest BCUT2D eigenvalue weighted by molar-refractivity contribution is 7.47. The zero-order valence-corrected chi connectivity index (χ0v) is 38.2. The first kappa shape index (κ1) is 54.9. The number of unbranched alkanes of at least 4 members (excludes halogenated alkanes) is 15. The second kappa shape index (κ2) is 40.7. The normalized spacial score (nSPS) is 14.4. The Morgan fingerprint density at radius 2 is 1.02 bits per heavy atom. The van der Waals surface area contributed by atoms with E-state index >= 15 is 0 Å². The molecule has 0 fully saturated rings. The Morgan fingerprint density at radius 1 is 0.561 bits per heavy atom. The molecule has 0 spiro atoms. The van der Waals surface area contributed by atoms with Gasteiger partial charge in [0.05, 0.1) is 34.4 Å². The molecular formula is C48H87NO7P+. The van der Waals surface area contributed by atoms with Crippen LogP contribution in [-0.4, -0.2) is 75.6 Å². The minimum atomic E-state index is -4.30. The minimum absolute atomic E-state index is 0.0722. The third-order valence-corrected chi connectivity index (χ3v) is 10.2. The summed E-state index contributed by atoms with van der Waals surface area (Å²) in [7, 11) is 1.61. The number of phosphoric acid groups is 1. The van der Waals surface area contributed by atoms with Crippen molar-refractivity contribution in [2.75, 3.05) is 54.1 Å². The van der Waals surface area contributed by atoms with Gasteiger partial charge in [0.25, 0.3) is 0 Å². The first-order valence-corrected chi connectivity index (χ1v) is 24.2. The van der Waals surface area contributed by atoms with Crippen LogP contribution >= 0.6 is 7.82 Å². The summed E-state index contributed by atoms with van der Waals surface area (Å²) < 4.78 is 34.9. The van der Waals surface area contributed by atoms with Gasteiger partial charge in [-0.05, 0) is 70.6 Å². The average molecular weight is 821 g/mol. The molecule has 2 unspecified atom stereocenters. The summed E-state index contributed by atoms with van der Waals surface area (Å²) in [5, 5.41) is 0. The Hall–Kier alpha value is -2.06. The molecule has 0 saturated carbocycles. The van der Waals surface area contributed by atoms with Crippen LogP contribution in [0.15, 0.2) is 72.9 Å². The molecule has 0 aromatic heterocycles. The number of phosphoric ester groups is 1. The largest absolute Gasteiger partial charge is 0.472 e. The summed E-state index contributed by atoms with van der Waals surface area (Å²) in [6.45, 7) is 5.37. The maximum absolute atomic E-state index is 12.6. The van der Waals surface area contributed by atoms with Gasteiger partial charge in [-0.15, -0.1) is 0 Å². The van der Waals surface area contributed by atoms with Crippen molar-refractivity contribution in [1.82, 2.24) is 0 Å². The fourth-order valence-electron chi connectivity index (χ4n) is 5.77. The molecule has 0 saturated heterocycles. The number of allylic oxidation sites excluding steroid dienone is 12. The molecule has 0 radical (unpaired) electrons. The predicted molar refractivity (Wildman–Crippen MR) is 242 cm³/mol. The molecule has 0 bridgehead atoms. The lowest BCUT2D eigenvalue weighted by atomic mass is 10.1. The van der Waals surface area contributed by atoms with Gasteiger partial charge in [0.1, 0.15) is 19.3 Å². The molecule has 0 aromatic rings. The van der Waals surface area contributed by atoms with E-state index in [-0.39, 0.29) is 26.2 Å². The van der Waals surface area contributed by atoms with E-state index in [9.17, 15) is 14.3 Å². The molecule has 8 nitrogen and oxygen atoms in total. The molecule has 0 rings (SSSR count). The highest BCUT2D eigenvalue weighted by Crippen LogP contribution is 2.43. The number of carbonyl (C=O) groups excluding carboxylic acids is 1. The predicted octanol–water partition coefficient (Wildman–Crippen LogP) is 13.5. The standard InChI is InChI=1S/C48H86NO7P/c1-6-8-10-12-14-16-18-20-21-22-23-24-25-26-27-28-30-32-34-36-38-40-43-53-45-47(46-55-57(51,52)54-44-42-49(3,4)5)56-48(50)41-39-37-35-33-31-29-19-17-15-13-11-9-7-2/h9,11,15,17-18,20,22-23,29,31,35,37,47H,6-8,10,12-14,16,19,21,24-28,30,32-34,36,38-46H2,1-5H3/p+1/b11-9-,17-15-,20-18-,23-22-,31-29-,37-35-. The van der Waals surface area contributed by atoms with Crippen LogP contribution in [0, 0.1) is 0 Å². The van der Waals surface area contributed by atoms with Crippen molar-refractivity contribution < 1.29 is 37.3 Å². The maximum Gasteiger partial charge on any atom is 0.472 e. The molecule has 57 heavy (non-hydrogen) atoms. The Bertz CT molecular complexity index is 1140. The van der Waals surface area contributed by atoms with Crippen LogP contribution in [0.3, 0.4) is 0 Å². The van der Waals surface area contributed by atoms with E-state index in [2.05, 4.69) is 74.6 Å². The van der Waals surface area contributed by atoms with Crippen LogP contribution in [0.4, 0.5) is 0 Å². The molecule has 0 aliphatic heterocycles. The van der Waals surface area contributed by atoms with Crippen molar-refractivity contribution in [1.29, 1.82) is 0 Å². The lowest BCUT2D eigenvalue weighted by molar-refractivity contribution is -0.870. The first-order chi connectivity index (χ1) is 27.6. The minimum Gasteiger partial charge on any atom is -0.457 e. The molecular weight excluding hydrogens is 734 g/mol. The van der Waals surface area contributed by atoms with Crippen molar-refractivity contribution in [3.8, 4) is 0 Å². The molecule has 0 aromatic carbocycles. The lowest BCUT2D eigenvalue weighted by Gasteiger charge is -2.24. The zero-order valence-electron chi connectivity index (χ0n) is 37.3. The Labute approximate surface area is 351 Å². The third kappa shape index (κ3) is 44.9. The van der Waals surface area contributed by atoms with Crippen molar-refractivity contribution >= 4 is 13.8 Å². The number of carbonyl (C=O) groups is 1. The second-order valence-corrected chi connectivity index (χ2v) is 17.5. The summed E-state index contributed by atoms with van der Waals surface area (Å²) in [5.41, 5.74) is 0. The molecule has 2 atom stereocenters. The molecule has 330 valence electrons. The van der Waals surface area contributed by atoms with E-state index in [1.807, 2.05) is 33.3 Å². The highest BCUT2D eigenvalue weighted by Gasteiger charge is 2.26. The third-order valence-electron chi connectivity index (χ3n) is 9.27. The number of esters is 1. The molecule has 0 heterocycles. The van der Waals surface area contributed by atoms with Crippen molar-refractivity contribution in [3.05, 3.63) is 72.9 Å². The number of nitrogens with zero attached hydrogens (tertiary/aromatic N) is 1. The van der Waals surface area contributed by atoms with E-state index in [1.165, 1.54) is 96.3 Å². The van der Waals surface area contributed by atoms with Crippen LogP contribution in [0.5, 0.6) is 0 Å². The van der Waals surface area contributed by atoms with Crippen LogP contribution in [0.2, 0.25) is 0 Å². The van der Waals surface area contributed by atoms with Gasteiger partial charge in [0, 0.05) is 13.0 Å². The Balaban J connectivity index is 4.24. The van der Waals surface area contributed by atoms with Crippen LogP contribution < -0.4 is 0 Å². The fourth-order valence-corrected chi connectivity index (χ4v) is 6.51. The van der Waals surface area contributed by atoms with Gasteiger partial charge in [0.15, 0.2) is 0 Å². The average Bonchev–Trinajstić information content (AvgIpc) is 3.16. The molecule has 0 aliphatic rings. The smallest absolute Gasteiger partial charge is 0.457 e. The second-order valence-electron chi connectivity index (χ2n) is 16.0. The van der Waals surface area contributed by atoms with E-state index in [4.69, 9.17) is 18.5 Å². The van der Waals surface area contributed by atoms with Gasteiger partial charge in [0.2, 0.25) is 0 Å². The van der Waals surface area contributed by atoms with E-state index < -0.39 is 19.9 Å². The number of ether oxygens (including phenoxy) is 2. The zero-order chi connectivity index (χ0) is 42.0. The van der Waals surface area contributed by atoms with E-state index in [1.54, 1.807) is 0 Å². The quantitative estimate of drug-likeness (QED) is 0.0216. The highest BCUT2D eigenvalue weighted by atomic mass is 31.2. The first-order valence-electron chi connectivity index (χ1n) is 22.7. The monoisotopic (exact) mass is 821 g/mol. The number of rotatable bonds is 41. The summed E-state index contributed by atoms with van der Waals surface area (Å²) in [5.74, 6) is -0.396. The number of quaternary nitrogens is 1. The van der Waals surface area contributed by atoms with Crippen LogP contribution in [0.25, 0.3) is 0 Å². The van der Waals surface area contributed by atoms with Crippen LogP contribution in [0.1, 0.15) is 168 Å².